The van der Waals surface area contributed by atoms with Crippen molar-refractivity contribution in [3.63, 3.8) is 0 Å². The number of anilines is 2. The molecule has 28 heavy (non-hydrogen) atoms. The molecule has 0 radical (unpaired) electrons. The Bertz CT molecular complexity index is 680. The smallest absolute Gasteiger partial charge is 0.412 e. The predicted octanol–water partition coefficient (Wildman–Crippen LogP) is 3.89. The monoisotopic (exact) mass is 385 g/mol. The Hall–Kier alpha value is -3.22. The van der Waals surface area contributed by atoms with Gasteiger partial charge in [0, 0.05) is 24.3 Å². The number of benzene rings is 2. The molecule has 0 saturated heterocycles. The van der Waals surface area contributed by atoms with Crippen molar-refractivity contribution in [1.29, 1.82) is 0 Å². The maximum Gasteiger partial charge on any atom is 0.412 e. The predicted molar refractivity (Wildman–Crippen MR) is 109 cm³/mol. The van der Waals surface area contributed by atoms with Gasteiger partial charge in [0.1, 0.15) is 11.5 Å². The van der Waals surface area contributed by atoms with E-state index in [1.54, 1.807) is 48.5 Å². The molecule has 0 aliphatic rings. The van der Waals surface area contributed by atoms with Crippen molar-refractivity contribution in [2.45, 2.75) is 38.5 Å². The molecule has 2 aromatic carbocycles. The fraction of sp³-hybridized carbons (Fsp3) is 0.333. The molecular formula is C21H27N3O4. The lowest BCUT2D eigenvalue weighted by molar-refractivity contribution is -0.134. The Morgan fingerprint density at radius 2 is 1.21 bits per heavy atom. The molecular weight excluding hydrogens is 358 g/mol. The largest absolute Gasteiger partial charge is 0.427 e. The number of unbranched alkanes of at least 4 members (excludes halogenated alkanes) is 4. The van der Waals surface area contributed by atoms with Gasteiger partial charge in [0.05, 0.1) is 0 Å². The van der Waals surface area contributed by atoms with Crippen molar-refractivity contribution >= 4 is 23.4 Å². The summed E-state index contributed by atoms with van der Waals surface area (Å²) in [5.74, 6) is 0.727. The van der Waals surface area contributed by atoms with Crippen LogP contribution in [-0.4, -0.2) is 18.6 Å². The Morgan fingerprint density at radius 1 is 0.714 bits per heavy atom. The first kappa shape index (κ1) is 21.1. The van der Waals surface area contributed by atoms with E-state index in [-0.39, 0.29) is 5.97 Å². The maximum absolute atomic E-state index is 11.8. The van der Waals surface area contributed by atoms with Crippen molar-refractivity contribution in [2.75, 3.05) is 18.0 Å². The van der Waals surface area contributed by atoms with Crippen LogP contribution in [-0.2, 0) is 4.79 Å². The molecule has 0 saturated carbocycles. The third-order valence-corrected chi connectivity index (χ3v) is 4.03. The second-order valence-electron chi connectivity index (χ2n) is 6.45. The molecule has 150 valence electrons. The normalized spacial score (nSPS) is 10.3. The fourth-order valence-corrected chi connectivity index (χ4v) is 2.51. The SMILES string of the molecule is Nc1ccc(OC(=O)CCCCCCCNC(=O)Oc2ccc(N)cc2)cc1. The number of rotatable bonds is 10. The molecule has 0 aliphatic carbocycles. The molecule has 0 spiro atoms. The maximum atomic E-state index is 11.8. The zero-order valence-electron chi connectivity index (χ0n) is 15.9. The van der Waals surface area contributed by atoms with Gasteiger partial charge < -0.3 is 26.3 Å². The first-order valence-electron chi connectivity index (χ1n) is 9.40. The second kappa shape index (κ2) is 11.5. The number of hydrogen-bond acceptors (Lipinski definition) is 6. The van der Waals surface area contributed by atoms with Crippen LogP contribution in [0.3, 0.4) is 0 Å². The van der Waals surface area contributed by atoms with Gasteiger partial charge in [-0.2, -0.15) is 0 Å². The van der Waals surface area contributed by atoms with Gasteiger partial charge in [-0.15, -0.1) is 0 Å². The summed E-state index contributed by atoms with van der Waals surface area (Å²) in [5, 5.41) is 2.71. The number of amides is 1. The molecule has 0 fully saturated rings. The lowest BCUT2D eigenvalue weighted by atomic mass is 10.1. The minimum atomic E-state index is -0.477. The summed E-state index contributed by atoms with van der Waals surface area (Å²) in [6.45, 7) is 0.549. The molecule has 0 atom stereocenters. The molecule has 0 unspecified atom stereocenters. The van der Waals surface area contributed by atoms with Crippen molar-refractivity contribution in [2.24, 2.45) is 0 Å². The summed E-state index contributed by atoms with van der Waals surface area (Å²) in [6, 6.07) is 13.4. The standard InChI is InChI=1S/C21H27N3O4/c22-16-7-11-18(12-8-16)27-20(25)6-4-2-1-3-5-15-24-21(26)28-19-13-9-17(23)10-14-19/h7-14H,1-6,15,22-23H2,(H,24,26). The van der Waals surface area contributed by atoms with Crippen molar-refractivity contribution in [3.05, 3.63) is 48.5 Å². The van der Waals surface area contributed by atoms with E-state index in [9.17, 15) is 9.59 Å². The van der Waals surface area contributed by atoms with E-state index >= 15 is 0 Å². The molecule has 2 rings (SSSR count). The molecule has 7 nitrogen and oxygen atoms in total. The molecule has 5 N–H and O–H groups in total. The van der Waals surface area contributed by atoms with Crippen molar-refractivity contribution in [1.82, 2.24) is 5.32 Å². The zero-order valence-corrected chi connectivity index (χ0v) is 15.9. The summed E-state index contributed by atoms with van der Waals surface area (Å²) in [4.78, 5) is 23.4. The van der Waals surface area contributed by atoms with Gasteiger partial charge in [-0.3, -0.25) is 4.79 Å². The number of hydrogen-bond donors (Lipinski definition) is 3. The van der Waals surface area contributed by atoms with Gasteiger partial charge in [-0.1, -0.05) is 19.3 Å². The van der Waals surface area contributed by atoms with E-state index in [2.05, 4.69) is 5.32 Å². The highest BCUT2D eigenvalue weighted by atomic mass is 16.6. The summed E-state index contributed by atoms with van der Waals surface area (Å²) >= 11 is 0. The van der Waals surface area contributed by atoms with Gasteiger partial charge in [-0.05, 0) is 61.4 Å². The number of nitrogens with one attached hydrogen (secondary N) is 1. The average Bonchev–Trinajstić information content (AvgIpc) is 2.67. The molecule has 0 heterocycles. The number of nitrogens with two attached hydrogens (primary N) is 2. The summed E-state index contributed by atoms with van der Waals surface area (Å²) in [7, 11) is 0. The van der Waals surface area contributed by atoms with Crippen LogP contribution in [0.15, 0.2) is 48.5 Å². The zero-order chi connectivity index (χ0) is 20.2. The minimum absolute atomic E-state index is 0.239. The molecule has 0 aromatic heterocycles. The Morgan fingerprint density at radius 3 is 1.82 bits per heavy atom. The highest BCUT2D eigenvalue weighted by Crippen LogP contribution is 2.15. The summed E-state index contributed by atoms with van der Waals surface area (Å²) in [6.07, 6.45) is 4.44. The molecule has 2 aromatic rings. The van der Waals surface area contributed by atoms with E-state index in [4.69, 9.17) is 20.9 Å². The number of carbonyl (C=O) groups excluding carboxylic acids is 2. The van der Waals surface area contributed by atoms with Gasteiger partial charge in [0.15, 0.2) is 0 Å². The van der Waals surface area contributed by atoms with E-state index in [1.807, 2.05) is 0 Å². The van der Waals surface area contributed by atoms with Gasteiger partial charge in [-0.25, -0.2) is 4.79 Å². The summed E-state index contributed by atoms with van der Waals surface area (Å²) < 4.78 is 10.4. The first-order chi connectivity index (χ1) is 13.5. The average molecular weight is 385 g/mol. The van der Waals surface area contributed by atoms with Gasteiger partial charge >= 0.3 is 12.1 Å². The van der Waals surface area contributed by atoms with Crippen molar-refractivity contribution < 1.29 is 19.1 Å². The Balaban J connectivity index is 1.45. The lowest BCUT2D eigenvalue weighted by Crippen LogP contribution is -2.27. The quantitative estimate of drug-likeness (QED) is 0.247. The van der Waals surface area contributed by atoms with Crippen LogP contribution in [0, 0.1) is 0 Å². The summed E-state index contributed by atoms with van der Waals surface area (Å²) in [5.41, 5.74) is 12.4. The van der Waals surface area contributed by atoms with Crippen LogP contribution < -0.4 is 26.3 Å². The van der Waals surface area contributed by atoms with Crippen LogP contribution in [0.5, 0.6) is 11.5 Å². The van der Waals surface area contributed by atoms with E-state index in [1.165, 1.54) is 0 Å². The second-order valence-corrected chi connectivity index (χ2v) is 6.45. The molecule has 0 bridgehead atoms. The van der Waals surface area contributed by atoms with Crippen LogP contribution in [0.25, 0.3) is 0 Å². The highest BCUT2D eigenvalue weighted by molar-refractivity contribution is 5.72. The van der Waals surface area contributed by atoms with E-state index in [0.29, 0.717) is 35.8 Å². The molecule has 0 aliphatic heterocycles. The topological polar surface area (TPSA) is 117 Å². The molecule has 7 heteroatoms. The Labute approximate surface area is 165 Å². The van der Waals surface area contributed by atoms with E-state index in [0.717, 1.165) is 32.1 Å². The third-order valence-electron chi connectivity index (χ3n) is 4.03. The number of ether oxygens (including phenoxy) is 2. The number of carbonyl (C=O) groups is 2. The lowest BCUT2D eigenvalue weighted by Gasteiger charge is -2.07. The fourth-order valence-electron chi connectivity index (χ4n) is 2.51. The number of nitrogen functional groups attached to an aromatic ring is 2. The van der Waals surface area contributed by atoms with Crippen molar-refractivity contribution in [3.8, 4) is 11.5 Å². The van der Waals surface area contributed by atoms with Crippen LogP contribution in [0.4, 0.5) is 16.2 Å². The van der Waals surface area contributed by atoms with E-state index < -0.39 is 6.09 Å². The van der Waals surface area contributed by atoms with Crippen LogP contribution in [0.1, 0.15) is 38.5 Å². The van der Waals surface area contributed by atoms with Gasteiger partial charge in [0.25, 0.3) is 0 Å². The highest BCUT2D eigenvalue weighted by Gasteiger charge is 2.05. The Kier molecular flexibility index (Phi) is 8.65. The van der Waals surface area contributed by atoms with Crippen LogP contribution >= 0.6 is 0 Å². The minimum Gasteiger partial charge on any atom is -0.427 e. The molecule has 1 amide bonds. The van der Waals surface area contributed by atoms with Crippen LogP contribution in [0.2, 0.25) is 0 Å². The number of esters is 1. The third kappa shape index (κ3) is 8.44. The van der Waals surface area contributed by atoms with Gasteiger partial charge in [0.2, 0.25) is 0 Å². The first-order valence-corrected chi connectivity index (χ1v) is 9.40.